The third kappa shape index (κ3) is 4.18. The number of anilines is 2. The second kappa shape index (κ2) is 7.04. The highest BCUT2D eigenvalue weighted by atomic mass is 16.2. The first-order valence-electron chi connectivity index (χ1n) is 6.74. The van der Waals surface area contributed by atoms with Crippen LogP contribution in [0.4, 0.5) is 11.4 Å². The van der Waals surface area contributed by atoms with Crippen molar-refractivity contribution < 1.29 is 9.59 Å². The lowest BCUT2D eigenvalue weighted by atomic mass is 10.2. The first-order valence-corrected chi connectivity index (χ1v) is 6.74. The van der Waals surface area contributed by atoms with E-state index in [1.165, 1.54) is 0 Å². The van der Waals surface area contributed by atoms with Crippen LogP contribution in [0.1, 0.15) is 17.5 Å². The van der Waals surface area contributed by atoms with Crippen LogP contribution in [0.2, 0.25) is 0 Å². The molecule has 0 heterocycles. The van der Waals surface area contributed by atoms with Crippen LogP contribution in [-0.2, 0) is 9.59 Å². The molecule has 0 saturated carbocycles. The number of nitriles is 1. The maximum atomic E-state index is 11.9. The van der Waals surface area contributed by atoms with Gasteiger partial charge in [-0.05, 0) is 42.8 Å². The number of rotatable bonds is 4. The zero-order valence-electron chi connectivity index (χ0n) is 12.1. The minimum absolute atomic E-state index is 0.270. The van der Waals surface area contributed by atoms with Gasteiger partial charge in [-0.15, -0.1) is 0 Å². The van der Waals surface area contributed by atoms with Gasteiger partial charge in [-0.2, -0.15) is 5.26 Å². The van der Waals surface area contributed by atoms with Gasteiger partial charge < -0.3 is 10.6 Å². The second-order valence-electron chi connectivity index (χ2n) is 4.78. The highest BCUT2D eigenvalue weighted by molar-refractivity contribution is 6.08. The van der Waals surface area contributed by atoms with Gasteiger partial charge in [0.15, 0.2) is 0 Å². The SMILES string of the molecule is Cc1ccccc1NC(=O)CC(=O)Nc1ccc(C#N)cc1. The smallest absolute Gasteiger partial charge is 0.233 e. The maximum absolute atomic E-state index is 11.9. The summed E-state index contributed by atoms with van der Waals surface area (Å²) >= 11 is 0. The molecule has 0 aliphatic carbocycles. The molecule has 2 rings (SSSR count). The molecule has 0 spiro atoms. The molecule has 2 aromatic rings. The molecule has 0 unspecified atom stereocenters. The van der Waals surface area contributed by atoms with E-state index in [-0.39, 0.29) is 12.3 Å². The Bertz CT molecular complexity index is 730. The van der Waals surface area contributed by atoms with Crippen molar-refractivity contribution in [1.82, 2.24) is 0 Å². The lowest BCUT2D eigenvalue weighted by Gasteiger charge is -2.08. The van der Waals surface area contributed by atoms with Gasteiger partial charge in [-0.3, -0.25) is 9.59 Å². The number of hydrogen-bond acceptors (Lipinski definition) is 3. The molecule has 5 nitrogen and oxygen atoms in total. The van der Waals surface area contributed by atoms with Gasteiger partial charge in [0.25, 0.3) is 0 Å². The molecule has 0 aromatic heterocycles. The molecule has 22 heavy (non-hydrogen) atoms. The molecule has 0 radical (unpaired) electrons. The van der Waals surface area contributed by atoms with Crippen LogP contribution in [-0.4, -0.2) is 11.8 Å². The van der Waals surface area contributed by atoms with Crippen LogP contribution in [0.3, 0.4) is 0 Å². The van der Waals surface area contributed by atoms with Crippen LogP contribution < -0.4 is 10.6 Å². The Balaban J connectivity index is 1.90. The van der Waals surface area contributed by atoms with Crippen molar-refractivity contribution in [2.24, 2.45) is 0 Å². The van der Waals surface area contributed by atoms with Gasteiger partial charge in [0.05, 0.1) is 11.6 Å². The fourth-order valence-electron chi connectivity index (χ4n) is 1.89. The number of carbonyl (C=O) groups excluding carboxylic acids is 2. The number of amides is 2. The van der Waals surface area contributed by atoms with Gasteiger partial charge in [-0.1, -0.05) is 18.2 Å². The van der Waals surface area contributed by atoms with Crippen LogP contribution in [0.15, 0.2) is 48.5 Å². The quantitative estimate of drug-likeness (QED) is 0.850. The molecule has 0 fully saturated rings. The summed E-state index contributed by atoms with van der Waals surface area (Å²) in [6.45, 7) is 1.88. The molecule has 0 aliphatic rings. The van der Waals surface area contributed by atoms with Crippen LogP contribution in [0.5, 0.6) is 0 Å². The molecule has 0 aliphatic heterocycles. The molecule has 0 bridgehead atoms. The molecule has 110 valence electrons. The molecule has 5 heteroatoms. The van der Waals surface area contributed by atoms with Gasteiger partial charge in [0, 0.05) is 11.4 Å². The van der Waals surface area contributed by atoms with Crippen LogP contribution in [0.25, 0.3) is 0 Å². The van der Waals surface area contributed by atoms with Crippen molar-refractivity contribution in [3.05, 3.63) is 59.7 Å². The highest BCUT2D eigenvalue weighted by Crippen LogP contribution is 2.14. The van der Waals surface area contributed by atoms with Gasteiger partial charge in [0.1, 0.15) is 6.42 Å². The lowest BCUT2D eigenvalue weighted by Crippen LogP contribution is -2.21. The van der Waals surface area contributed by atoms with Crippen LogP contribution in [0, 0.1) is 18.3 Å². The number of aryl methyl sites for hydroxylation is 1. The number of para-hydroxylation sites is 1. The molecule has 2 N–H and O–H groups in total. The predicted octanol–water partition coefficient (Wildman–Crippen LogP) is 2.83. The van der Waals surface area contributed by atoms with E-state index in [0.29, 0.717) is 16.9 Å². The van der Waals surface area contributed by atoms with Gasteiger partial charge in [-0.25, -0.2) is 0 Å². The first kappa shape index (κ1) is 15.3. The summed E-state index contributed by atoms with van der Waals surface area (Å²) in [6, 6.07) is 15.8. The molecular weight excluding hydrogens is 278 g/mol. The molecule has 2 aromatic carbocycles. The Morgan fingerprint density at radius 3 is 2.27 bits per heavy atom. The molecule has 0 atom stereocenters. The Morgan fingerprint density at radius 2 is 1.64 bits per heavy atom. The fourth-order valence-corrected chi connectivity index (χ4v) is 1.89. The van der Waals surface area contributed by atoms with E-state index in [0.717, 1.165) is 5.56 Å². The van der Waals surface area contributed by atoms with Gasteiger partial charge in [0.2, 0.25) is 11.8 Å². The number of hydrogen-bond donors (Lipinski definition) is 2. The zero-order valence-corrected chi connectivity index (χ0v) is 12.1. The summed E-state index contributed by atoms with van der Waals surface area (Å²) in [7, 11) is 0. The predicted molar refractivity (Wildman–Crippen MR) is 84.2 cm³/mol. The van der Waals surface area contributed by atoms with E-state index in [1.54, 1.807) is 30.3 Å². The lowest BCUT2D eigenvalue weighted by molar-refractivity contribution is -0.123. The average molecular weight is 293 g/mol. The maximum Gasteiger partial charge on any atom is 0.233 e. The van der Waals surface area contributed by atoms with Crippen molar-refractivity contribution in [1.29, 1.82) is 5.26 Å². The summed E-state index contributed by atoms with van der Waals surface area (Å²) in [4.78, 5) is 23.7. The summed E-state index contributed by atoms with van der Waals surface area (Å²) in [5.74, 6) is -0.781. The van der Waals surface area contributed by atoms with E-state index < -0.39 is 5.91 Å². The minimum Gasteiger partial charge on any atom is -0.326 e. The number of nitrogens with one attached hydrogen (secondary N) is 2. The minimum atomic E-state index is -0.407. The second-order valence-corrected chi connectivity index (χ2v) is 4.78. The fraction of sp³-hybridized carbons (Fsp3) is 0.118. The van der Waals surface area contributed by atoms with E-state index in [2.05, 4.69) is 10.6 Å². The van der Waals surface area contributed by atoms with Crippen molar-refractivity contribution in [2.75, 3.05) is 10.6 Å². The molecule has 2 amide bonds. The Labute approximate surface area is 128 Å². The van der Waals surface area contributed by atoms with E-state index in [9.17, 15) is 9.59 Å². The number of nitrogens with zero attached hydrogens (tertiary/aromatic N) is 1. The Kier molecular flexibility index (Phi) is 4.89. The summed E-state index contributed by atoms with van der Waals surface area (Å²) in [5, 5.41) is 14.0. The monoisotopic (exact) mass is 293 g/mol. The first-order chi connectivity index (χ1) is 10.6. The molecule has 0 saturated heterocycles. The van der Waals surface area contributed by atoms with E-state index >= 15 is 0 Å². The standard InChI is InChI=1S/C17H15N3O2/c1-12-4-2-3-5-15(12)20-17(22)10-16(21)19-14-8-6-13(11-18)7-9-14/h2-9H,10H2,1H3,(H,19,21)(H,20,22). The average Bonchev–Trinajstić information content (AvgIpc) is 2.50. The highest BCUT2D eigenvalue weighted by Gasteiger charge is 2.10. The normalized spacial score (nSPS) is 9.64. The third-order valence-corrected chi connectivity index (χ3v) is 3.04. The Morgan fingerprint density at radius 1 is 1.00 bits per heavy atom. The number of benzene rings is 2. The van der Waals surface area contributed by atoms with Crippen molar-refractivity contribution in [3.63, 3.8) is 0 Å². The largest absolute Gasteiger partial charge is 0.326 e. The number of carbonyl (C=O) groups is 2. The van der Waals surface area contributed by atoms with Crippen molar-refractivity contribution in [3.8, 4) is 6.07 Å². The summed E-state index contributed by atoms with van der Waals surface area (Å²) in [5.41, 5.74) is 2.69. The van der Waals surface area contributed by atoms with Gasteiger partial charge >= 0.3 is 0 Å². The van der Waals surface area contributed by atoms with E-state index in [4.69, 9.17) is 5.26 Å². The zero-order chi connectivity index (χ0) is 15.9. The summed E-state index contributed by atoms with van der Waals surface area (Å²) in [6.07, 6.45) is -0.270. The van der Waals surface area contributed by atoms with Crippen molar-refractivity contribution in [2.45, 2.75) is 13.3 Å². The van der Waals surface area contributed by atoms with Crippen molar-refractivity contribution >= 4 is 23.2 Å². The van der Waals surface area contributed by atoms with E-state index in [1.807, 2.05) is 31.2 Å². The molecular formula is C17H15N3O2. The third-order valence-electron chi connectivity index (χ3n) is 3.04. The topological polar surface area (TPSA) is 82.0 Å². The summed E-state index contributed by atoms with van der Waals surface area (Å²) < 4.78 is 0. The Hall–Kier alpha value is -3.13. The van der Waals surface area contributed by atoms with Crippen LogP contribution >= 0.6 is 0 Å².